The maximum Gasteiger partial charge on any atom is 0.128 e. The van der Waals surface area contributed by atoms with E-state index < -0.39 is 0 Å². The van der Waals surface area contributed by atoms with E-state index >= 15 is 0 Å². The van der Waals surface area contributed by atoms with Crippen LogP contribution in [0.3, 0.4) is 0 Å². The summed E-state index contributed by atoms with van der Waals surface area (Å²) < 4.78 is 5.15. The molecule has 1 saturated heterocycles. The Labute approximate surface area is 128 Å². The van der Waals surface area contributed by atoms with Gasteiger partial charge in [-0.3, -0.25) is 0 Å². The van der Waals surface area contributed by atoms with E-state index in [1.165, 1.54) is 19.5 Å². The second kappa shape index (κ2) is 8.41. The van der Waals surface area contributed by atoms with Crippen molar-refractivity contribution in [1.82, 2.24) is 19.8 Å². The molecule has 0 spiro atoms. The van der Waals surface area contributed by atoms with Crippen molar-refractivity contribution in [3.63, 3.8) is 0 Å². The van der Waals surface area contributed by atoms with Gasteiger partial charge < -0.3 is 14.5 Å². The van der Waals surface area contributed by atoms with Crippen molar-refractivity contribution in [2.24, 2.45) is 5.92 Å². The minimum Gasteiger partial charge on any atom is -0.383 e. The summed E-state index contributed by atoms with van der Waals surface area (Å²) in [5.41, 5.74) is 1.12. The maximum atomic E-state index is 5.15. The topological polar surface area (TPSA) is 41.5 Å². The number of ether oxygens (including phenoxy) is 1. The molecular weight excluding hydrogens is 264 g/mol. The molecule has 2 rings (SSSR count). The molecule has 0 unspecified atom stereocenters. The lowest BCUT2D eigenvalue weighted by atomic mass is 10.1. The maximum absolute atomic E-state index is 5.15. The summed E-state index contributed by atoms with van der Waals surface area (Å²) in [6.45, 7) is 8.42. The van der Waals surface area contributed by atoms with Crippen LogP contribution in [0, 0.1) is 5.92 Å². The Kier molecular flexibility index (Phi) is 6.54. The van der Waals surface area contributed by atoms with Crippen LogP contribution in [-0.2, 0) is 17.7 Å². The summed E-state index contributed by atoms with van der Waals surface area (Å²) in [5.74, 6) is 1.70. The van der Waals surface area contributed by atoms with Crippen molar-refractivity contribution in [1.29, 1.82) is 0 Å². The number of hydrogen-bond acceptors (Lipinski definition) is 5. The van der Waals surface area contributed by atoms with Gasteiger partial charge in [-0.2, -0.15) is 0 Å². The van der Waals surface area contributed by atoms with Crippen molar-refractivity contribution < 1.29 is 4.74 Å². The number of methoxy groups -OCH3 is 1. The van der Waals surface area contributed by atoms with E-state index in [9.17, 15) is 0 Å². The SMILES string of the molecule is CCc1nccc(CN(C)C[C@H]2CCN(CCOC)C2)n1. The lowest BCUT2D eigenvalue weighted by Gasteiger charge is -2.21. The summed E-state index contributed by atoms with van der Waals surface area (Å²) in [5, 5.41) is 0. The second-order valence-corrected chi connectivity index (χ2v) is 5.96. The third-order valence-electron chi connectivity index (χ3n) is 4.06. The van der Waals surface area contributed by atoms with Gasteiger partial charge in [0.15, 0.2) is 0 Å². The normalized spacial score (nSPS) is 19.5. The molecule has 1 fully saturated rings. The zero-order valence-electron chi connectivity index (χ0n) is 13.6. The average molecular weight is 292 g/mol. The quantitative estimate of drug-likeness (QED) is 0.725. The predicted octanol–water partition coefficient (Wildman–Crippen LogP) is 1.44. The zero-order valence-corrected chi connectivity index (χ0v) is 13.6. The van der Waals surface area contributed by atoms with Gasteiger partial charge in [0, 0.05) is 45.9 Å². The second-order valence-electron chi connectivity index (χ2n) is 5.96. The Bertz CT molecular complexity index is 426. The number of hydrogen-bond donors (Lipinski definition) is 0. The van der Waals surface area contributed by atoms with E-state index in [2.05, 4.69) is 33.7 Å². The van der Waals surface area contributed by atoms with Gasteiger partial charge in [-0.1, -0.05) is 6.92 Å². The van der Waals surface area contributed by atoms with Gasteiger partial charge in [0.05, 0.1) is 12.3 Å². The smallest absolute Gasteiger partial charge is 0.128 e. The van der Waals surface area contributed by atoms with E-state index in [4.69, 9.17) is 4.74 Å². The standard InChI is InChI=1S/C16H28N4O/c1-4-16-17-7-5-15(18-16)13-19(2)11-14-6-8-20(12-14)9-10-21-3/h5,7,14H,4,6,8-13H2,1-3H3/t14-/m1/s1. The third-order valence-corrected chi connectivity index (χ3v) is 4.06. The molecule has 21 heavy (non-hydrogen) atoms. The fourth-order valence-electron chi connectivity index (χ4n) is 2.97. The molecular formula is C16H28N4O. The number of aryl methyl sites for hydroxylation is 1. The molecule has 0 aliphatic carbocycles. The van der Waals surface area contributed by atoms with Crippen LogP contribution in [0.2, 0.25) is 0 Å². The Morgan fingerprint density at radius 3 is 3.10 bits per heavy atom. The predicted molar refractivity (Wildman–Crippen MR) is 84.2 cm³/mol. The Morgan fingerprint density at radius 1 is 1.48 bits per heavy atom. The summed E-state index contributed by atoms with van der Waals surface area (Å²) in [4.78, 5) is 13.7. The first-order chi connectivity index (χ1) is 10.2. The van der Waals surface area contributed by atoms with Gasteiger partial charge in [-0.15, -0.1) is 0 Å². The van der Waals surface area contributed by atoms with Crippen LogP contribution < -0.4 is 0 Å². The highest BCUT2D eigenvalue weighted by molar-refractivity contribution is 5.02. The van der Waals surface area contributed by atoms with Crippen LogP contribution in [0.15, 0.2) is 12.3 Å². The van der Waals surface area contributed by atoms with Gasteiger partial charge in [0.2, 0.25) is 0 Å². The van der Waals surface area contributed by atoms with Gasteiger partial charge in [-0.25, -0.2) is 9.97 Å². The number of rotatable bonds is 8. The first kappa shape index (κ1) is 16.3. The number of likely N-dealkylation sites (tertiary alicyclic amines) is 1. The Hall–Kier alpha value is -1.04. The molecule has 118 valence electrons. The van der Waals surface area contributed by atoms with Crippen molar-refractivity contribution >= 4 is 0 Å². The monoisotopic (exact) mass is 292 g/mol. The highest BCUT2D eigenvalue weighted by Crippen LogP contribution is 2.17. The molecule has 1 aromatic rings. The first-order valence-corrected chi connectivity index (χ1v) is 7.92. The number of aromatic nitrogens is 2. The number of nitrogens with zero attached hydrogens (tertiary/aromatic N) is 4. The van der Waals surface area contributed by atoms with E-state index in [1.54, 1.807) is 7.11 Å². The molecule has 1 aliphatic heterocycles. The molecule has 0 saturated carbocycles. The molecule has 1 aromatic heterocycles. The van der Waals surface area contributed by atoms with Crippen molar-refractivity contribution in [3.05, 3.63) is 23.8 Å². The van der Waals surface area contributed by atoms with Gasteiger partial charge in [0.25, 0.3) is 0 Å². The minimum absolute atomic E-state index is 0.763. The summed E-state index contributed by atoms with van der Waals surface area (Å²) >= 11 is 0. The zero-order chi connectivity index (χ0) is 15.1. The largest absolute Gasteiger partial charge is 0.383 e. The van der Waals surface area contributed by atoms with Crippen molar-refractivity contribution in [3.8, 4) is 0 Å². The summed E-state index contributed by atoms with van der Waals surface area (Å²) in [7, 11) is 3.96. The summed E-state index contributed by atoms with van der Waals surface area (Å²) in [6, 6.07) is 2.02. The molecule has 2 heterocycles. The van der Waals surface area contributed by atoms with Gasteiger partial charge >= 0.3 is 0 Å². The van der Waals surface area contributed by atoms with Crippen molar-refractivity contribution in [2.45, 2.75) is 26.3 Å². The van der Waals surface area contributed by atoms with Crippen LogP contribution in [-0.4, -0.2) is 66.7 Å². The Balaban J connectivity index is 1.75. The van der Waals surface area contributed by atoms with Crippen LogP contribution in [0.5, 0.6) is 0 Å². The van der Waals surface area contributed by atoms with Crippen LogP contribution in [0.1, 0.15) is 24.9 Å². The molecule has 0 bridgehead atoms. The van der Waals surface area contributed by atoms with Gasteiger partial charge in [0.1, 0.15) is 5.82 Å². The molecule has 1 atom stereocenters. The molecule has 0 N–H and O–H groups in total. The van der Waals surface area contributed by atoms with Crippen LogP contribution >= 0.6 is 0 Å². The van der Waals surface area contributed by atoms with Gasteiger partial charge in [-0.05, 0) is 32.0 Å². The van der Waals surface area contributed by atoms with Crippen LogP contribution in [0.4, 0.5) is 0 Å². The van der Waals surface area contributed by atoms with Crippen LogP contribution in [0.25, 0.3) is 0 Å². The molecule has 0 amide bonds. The first-order valence-electron chi connectivity index (χ1n) is 7.92. The molecule has 1 aliphatic rings. The summed E-state index contributed by atoms with van der Waals surface area (Å²) in [6.07, 6.45) is 4.06. The molecule has 0 radical (unpaired) electrons. The van der Waals surface area contributed by atoms with E-state index in [0.717, 1.165) is 50.1 Å². The van der Waals surface area contributed by atoms with E-state index in [0.29, 0.717) is 0 Å². The van der Waals surface area contributed by atoms with Crippen molar-refractivity contribution in [2.75, 3.05) is 46.9 Å². The third kappa shape index (κ3) is 5.34. The fraction of sp³-hybridized carbons (Fsp3) is 0.750. The van der Waals surface area contributed by atoms with E-state index in [1.807, 2.05) is 12.3 Å². The van der Waals surface area contributed by atoms with E-state index in [-0.39, 0.29) is 0 Å². The molecule has 5 nitrogen and oxygen atoms in total. The molecule has 0 aromatic carbocycles. The highest BCUT2D eigenvalue weighted by Gasteiger charge is 2.23. The fourth-order valence-corrected chi connectivity index (χ4v) is 2.97. The molecule has 5 heteroatoms. The average Bonchev–Trinajstić information content (AvgIpc) is 2.92. The highest BCUT2D eigenvalue weighted by atomic mass is 16.5. The Morgan fingerprint density at radius 2 is 2.33 bits per heavy atom. The lowest BCUT2D eigenvalue weighted by molar-refractivity contribution is 0.157. The minimum atomic E-state index is 0.763. The lowest BCUT2D eigenvalue weighted by Crippen LogP contribution is -2.29.